The highest BCUT2D eigenvalue weighted by Crippen LogP contribution is 2.64. The minimum absolute atomic E-state index is 0.0973. The van der Waals surface area contributed by atoms with Crippen LogP contribution in [0.1, 0.15) is 18.4 Å². The molecule has 0 spiro atoms. The lowest BCUT2D eigenvalue weighted by Crippen LogP contribution is -2.33. The molecule has 0 unspecified atom stereocenters. The van der Waals surface area contributed by atoms with Gasteiger partial charge in [-0.2, -0.15) is 0 Å². The van der Waals surface area contributed by atoms with Gasteiger partial charge in [-0.3, -0.25) is 4.79 Å². The highest BCUT2D eigenvalue weighted by molar-refractivity contribution is 7.92. The maximum Gasteiger partial charge on any atom is 0.315 e. The molecule has 2 N–H and O–H groups in total. The smallest absolute Gasteiger partial charge is 0.315 e. The van der Waals surface area contributed by atoms with Gasteiger partial charge in [0.25, 0.3) is 0 Å². The first-order valence-corrected chi connectivity index (χ1v) is 10.8. The molecule has 2 aromatic rings. The van der Waals surface area contributed by atoms with Gasteiger partial charge in [0.2, 0.25) is 0 Å². The van der Waals surface area contributed by atoms with Gasteiger partial charge in [-0.05, 0) is 48.9 Å². The molecule has 28 heavy (non-hydrogen) atoms. The van der Waals surface area contributed by atoms with Crippen LogP contribution in [-0.4, -0.2) is 39.9 Å². The van der Waals surface area contributed by atoms with Crippen LogP contribution in [0.15, 0.2) is 53.4 Å². The number of carbonyl (C=O) groups is 1. The van der Waals surface area contributed by atoms with Gasteiger partial charge in [-0.25, -0.2) is 8.42 Å². The molecule has 0 aromatic heterocycles. The lowest BCUT2D eigenvalue weighted by atomic mass is 9.99. The summed E-state index contributed by atoms with van der Waals surface area (Å²) in [6.07, 6.45) is 0. The molecule has 0 amide bonds. The van der Waals surface area contributed by atoms with Crippen molar-refractivity contribution in [2.45, 2.75) is 23.0 Å². The molecule has 1 aliphatic carbocycles. The Kier molecular flexibility index (Phi) is 5.70. The number of benzene rings is 2. The Bertz CT molecular complexity index is 959. The van der Waals surface area contributed by atoms with Crippen LogP contribution in [0.3, 0.4) is 0 Å². The summed E-state index contributed by atoms with van der Waals surface area (Å²) in [4.78, 5) is 12.9. The minimum Gasteiger partial charge on any atom is -0.497 e. The lowest BCUT2D eigenvalue weighted by Gasteiger charge is -2.14. The Morgan fingerprint density at radius 2 is 1.75 bits per heavy atom. The fraction of sp³-hybridized carbons (Fsp3) is 0.350. The molecule has 150 valence electrons. The van der Waals surface area contributed by atoms with Crippen LogP contribution in [0.5, 0.6) is 5.75 Å². The molecule has 3 atom stereocenters. The molecule has 0 aliphatic heterocycles. The maximum absolute atomic E-state index is 13.4. The molecule has 0 heterocycles. The van der Waals surface area contributed by atoms with Crippen molar-refractivity contribution in [1.82, 2.24) is 0 Å². The van der Waals surface area contributed by atoms with Crippen LogP contribution >= 0.6 is 11.6 Å². The summed E-state index contributed by atoms with van der Waals surface area (Å²) in [5, 5.41) is -0.587. The van der Waals surface area contributed by atoms with Gasteiger partial charge >= 0.3 is 5.97 Å². The van der Waals surface area contributed by atoms with E-state index in [1.807, 2.05) is 0 Å². The summed E-state index contributed by atoms with van der Waals surface area (Å²) in [6, 6.07) is 12.9. The van der Waals surface area contributed by atoms with E-state index in [0.29, 0.717) is 16.3 Å². The van der Waals surface area contributed by atoms with E-state index in [1.54, 1.807) is 38.3 Å². The number of methoxy groups -OCH3 is 1. The molecule has 0 radical (unpaired) electrons. The minimum atomic E-state index is -3.85. The van der Waals surface area contributed by atoms with Crippen molar-refractivity contribution in [3.05, 3.63) is 59.1 Å². The Hall–Kier alpha value is -2.09. The van der Waals surface area contributed by atoms with Gasteiger partial charge in [0.15, 0.2) is 9.84 Å². The first-order chi connectivity index (χ1) is 13.3. The molecule has 0 saturated heterocycles. The van der Waals surface area contributed by atoms with E-state index in [0.717, 1.165) is 0 Å². The van der Waals surface area contributed by atoms with E-state index in [4.69, 9.17) is 26.8 Å². The van der Waals surface area contributed by atoms with Gasteiger partial charge in [0.1, 0.15) is 11.2 Å². The molecule has 1 saturated carbocycles. The van der Waals surface area contributed by atoms with E-state index >= 15 is 0 Å². The van der Waals surface area contributed by atoms with Crippen LogP contribution in [-0.2, 0) is 19.4 Å². The summed E-state index contributed by atoms with van der Waals surface area (Å²) < 4.78 is 37.1. The number of nitrogens with two attached hydrogens (primary N) is 1. The fourth-order valence-corrected chi connectivity index (χ4v) is 6.26. The first-order valence-electron chi connectivity index (χ1n) is 8.83. The van der Waals surface area contributed by atoms with Crippen LogP contribution in [0, 0.1) is 5.41 Å². The van der Waals surface area contributed by atoms with Gasteiger partial charge in [-0.15, -0.1) is 0 Å². The molecule has 1 aliphatic rings. The van der Waals surface area contributed by atoms with Crippen LogP contribution < -0.4 is 10.5 Å². The topological polar surface area (TPSA) is 95.7 Å². The molecular weight excluding hydrogens is 402 g/mol. The summed E-state index contributed by atoms with van der Waals surface area (Å²) in [5.41, 5.74) is 5.33. The number of sulfone groups is 1. The fourth-order valence-electron chi connectivity index (χ4n) is 3.75. The number of hydrogen-bond acceptors (Lipinski definition) is 6. The molecular formula is C20H22ClNO5S. The van der Waals surface area contributed by atoms with Crippen molar-refractivity contribution >= 4 is 27.4 Å². The summed E-state index contributed by atoms with van der Waals surface area (Å²) in [7, 11) is -2.30. The predicted octanol–water partition coefficient (Wildman–Crippen LogP) is 2.80. The van der Waals surface area contributed by atoms with Gasteiger partial charge in [0, 0.05) is 17.5 Å². The molecule has 2 aromatic carbocycles. The van der Waals surface area contributed by atoms with Gasteiger partial charge < -0.3 is 15.2 Å². The second-order valence-corrected chi connectivity index (χ2v) is 9.14. The van der Waals surface area contributed by atoms with Crippen LogP contribution in [0.4, 0.5) is 0 Å². The summed E-state index contributed by atoms with van der Waals surface area (Å²) in [5.74, 6) is -0.569. The Labute approximate surface area is 169 Å². The lowest BCUT2D eigenvalue weighted by molar-refractivity contribution is -0.149. The third kappa shape index (κ3) is 3.27. The maximum atomic E-state index is 13.4. The summed E-state index contributed by atoms with van der Waals surface area (Å²) >= 11 is 5.88. The first kappa shape index (κ1) is 20.6. The van der Waals surface area contributed by atoms with E-state index in [-0.39, 0.29) is 18.0 Å². The molecule has 6 nitrogen and oxygen atoms in total. The van der Waals surface area contributed by atoms with Crippen LogP contribution in [0.25, 0.3) is 0 Å². The van der Waals surface area contributed by atoms with Crippen molar-refractivity contribution in [2.75, 3.05) is 20.3 Å². The number of halogens is 1. The van der Waals surface area contributed by atoms with Crippen LogP contribution in [0.2, 0.25) is 5.02 Å². The number of carbonyl (C=O) groups excluding carboxylic acids is 1. The highest BCUT2D eigenvalue weighted by Gasteiger charge is 2.75. The SMILES string of the molecule is CCOC(=O)[C@]1(CN)[C@@H](c2ccc(OC)cc2)[C@@H]1S(=O)(=O)c1ccc(Cl)cc1. The second kappa shape index (κ2) is 7.73. The zero-order chi connectivity index (χ0) is 20.5. The second-order valence-electron chi connectivity index (χ2n) is 6.64. The zero-order valence-electron chi connectivity index (χ0n) is 15.6. The summed E-state index contributed by atoms with van der Waals surface area (Å²) in [6.45, 7) is 1.68. The van der Waals surface area contributed by atoms with E-state index in [1.165, 1.54) is 24.3 Å². The van der Waals surface area contributed by atoms with Gasteiger partial charge in [-0.1, -0.05) is 23.7 Å². The van der Waals surface area contributed by atoms with Crippen molar-refractivity contribution < 1.29 is 22.7 Å². The normalized spacial score (nSPS) is 23.9. The third-order valence-electron chi connectivity index (χ3n) is 5.20. The Morgan fingerprint density at radius 1 is 1.14 bits per heavy atom. The van der Waals surface area contributed by atoms with E-state index < -0.39 is 32.4 Å². The van der Waals surface area contributed by atoms with E-state index in [2.05, 4.69) is 0 Å². The van der Waals surface area contributed by atoms with Crippen molar-refractivity contribution in [3.63, 3.8) is 0 Å². The standard InChI is InChI=1S/C20H22ClNO5S/c1-3-27-19(23)20(12-22)17(13-4-8-15(26-2)9-5-13)18(20)28(24,25)16-10-6-14(21)7-11-16/h4-11,17-18H,3,12,22H2,1-2H3/t17-,18-,20+/m0/s1. The highest BCUT2D eigenvalue weighted by atomic mass is 35.5. The Morgan fingerprint density at radius 3 is 2.25 bits per heavy atom. The largest absolute Gasteiger partial charge is 0.497 e. The zero-order valence-corrected chi connectivity index (χ0v) is 17.2. The molecule has 8 heteroatoms. The number of ether oxygens (including phenoxy) is 2. The van der Waals surface area contributed by atoms with Crippen molar-refractivity contribution in [1.29, 1.82) is 0 Å². The predicted molar refractivity (Wildman–Crippen MR) is 106 cm³/mol. The monoisotopic (exact) mass is 423 g/mol. The van der Waals surface area contributed by atoms with Crippen molar-refractivity contribution in [3.8, 4) is 5.75 Å². The third-order valence-corrected chi connectivity index (χ3v) is 7.74. The number of rotatable bonds is 7. The quantitative estimate of drug-likeness (QED) is 0.688. The Balaban J connectivity index is 2.09. The average Bonchev–Trinajstić information content (AvgIpc) is 3.40. The van der Waals surface area contributed by atoms with Crippen molar-refractivity contribution in [2.24, 2.45) is 11.1 Å². The number of esters is 1. The number of hydrogen-bond donors (Lipinski definition) is 1. The van der Waals surface area contributed by atoms with Gasteiger partial charge in [0.05, 0.1) is 23.9 Å². The molecule has 1 fully saturated rings. The average molecular weight is 424 g/mol. The van der Waals surface area contributed by atoms with E-state index in [9.17, 15) is 13.2 Å². The molecule has 3 rings (SSSR count). The molecule has 0 bridgehead atoms.